The first-order valence-electron chi connectivity index (χ1n) is 2.42. The SMILES string of the molecule is CS(SCCN)=C(O)O. The molecule has 1 unspecified atom stereocenters. The Morgan fingerprint density at radius 3 is 2.56 bits per heavy atom. The Balaban J connectivity index is 3.50. The molecule has 0 aliphatic carbocycles. The molecule has 0 amide bonds. The van der Waals surface area contributed by atoms with Crippen molar-refractivity contribution < 1.29 is 10.2 Å². The van der Waals surface area contributed by atoms with E-state index in [-0.39, 0.29) is 0 Å². The van der Waals surface area contributed by atoms with Gasteiger partial charge in [0, 0.05) is 12.3 Å². The number of hydrogen-bond donors (Lipinski definition) is 3. The Hall–Kier alpha value is 0.450. The molecular weight excluding hydrogens is 158 g/mol. The van der Waals surface area contributed by atoms with Crippen LogP contribution in [-0.2, 0) is 0 Å². The lowest BCUT2D eigenvalue weighted by Gasteiger charge is -1.99. The quantitative estimate of drug-likeness (QED) is 0.429. The van der Waals surface area contributed by atoms with Crippen LogP contribution in [-0.4, -0.2) is 34.0 Å². The van der Waals surface area contributed by atoms with Crippen molar-refractivity contribution in [1.29, 1.82) is 0 Å². The van der Waals surface area contributed by atoms with Gasteiger partial charge in [-0.05, 0) is 6.26 Å². The summed E-state index contributed by atoms with van der Waals surface area (Å²) in [4.78, 5) is 0. The maximum Gasteiger partial charge on any atom is 0.214 e. The summed E-state index contributed by atoms with van der Waals surface area (Å²) in [6.07, 6.45) is 1.75. The zero-order chi connectivity index (χ0) is 7.28. The predicted molar refractivity (Wildman–Crippen MR) is 45.3 cm³/mol. The largest absolute Gasteiger partial charge is 0.336 e. The molecule has 0 saturated heterocycles. The molecule has 5 heteroatoms. The summed E-state index contributed by atoms with van der Waals surface area (Å²) in [6.45, 7) is 0.579. The number of aliphatic hydroxyl groups excluding tert-OH is 1. The first-order valence-corrected chi connectivity index (χ1v) is 5.56. The van der Waals surface area contributed by atoms with Gasteiger partial charge < -0.3 is 15.9 Å². The number of hydrogen-bond acceptors (Lipinski definition) is 2. The summed E-state index contributed by atoms with van der Waals surface area (Å²) in [5.41, 5.74) is 5.19. The van der Waals surface area contributed by atoms with E-state index in [1.165, 1.54) is 10.8 Å². The molecule has 0 fully saturated rings. The molecule has 0 aromatic carbocycles. The molecule has 0 saturated carbocycles. The summed E-state index contributed by atoms with van der Waals surface area (Å²) in [5, 5.41) is 16.4. The van der Waals surface area contributed by atoms with Gasteiger partial charge in [-0.1, -0.05) is 20.3 Å². The molecule has 56 valence electrons. The summed E-state index contributed by atoms with van der Waals surface area (Å²) < 4.78 is 0. The van der Waals surface area contributed by atoms with Crippen LogP contribution < -0.4 is 5.73 Å². The van der Waals surface area contributed by atoms with E-state index in [0.29, 0.717) is 6.54 Å². The predicted octanol–water partition coefficient (Wildman–Crippen LogP) is 0.695. The highest BCUT2D eigenvalue weighted by atomic mass is 33.1. The average Bonchev–Trinajstić information content (AvgIpc) is 1.82. The molecular formula is C4H11NO2S2. The molecule has 0 heterocycles. The van der Waals surface area contributed by atoms with Gasteiger partial charge in [0.25, 0.3) is 0 Å². The normalized spacial score (nSPS) is 13.3. The van der Waals surface area contributed by atoms with Crippen molar-refractivity contribution in [2.24, 2.45) is 5.73 Å². The monoisotopic (exact) mass is 169 g/mol. The fraction of sp³-hybridized carbons (Fsp3) is 0.750. The standard InChI is InChI=1S/C4H11NO2S2/c1-9(4(6)7)8-3-2-5/h6-7H,2-3,5H2,1H3. The lowest BCUT2D eigenvalue weighted by molar-refractivity contribution is 0.385. The Morgan fingerprint density at radius 1 is 1.67 bits per heavy atom. The van der Waals surface area contributed by atoms with Gasteiger partial charge in [-0.2, -0.15) is 0 Å². The van der Waals surface area contributed by atoms with Crippen LogP contribution >= 0.6 is 20.3 Å². The van der Waals surface area contributed by atoms with Crippen molar-refractivity contribution in [3.8, 4) is 0 Å². The summed E-state index contributed by atoms with van der Waals surface area (Å²) in [6, 6.07) is 0. The fourth-order valence-electron chi connectivity index (χ4n) is 0.226. The Labute approximate surface area is 60.6 Å². The van der Waals surface area contributed by atoms with Crippen LogP contribution in [0, 0.1) is 0 Å². The highest BCUT2D eigenvalue weighted by Gasteiger charge is 1.92. The molecule has 1 atom stereocenters. The van der Waals surface area contributed by atoms with Crippen LogP contribution in [0.2, 0.25) is 0 Å². The van der Waals surface area contributed by atoms with E-state index >= 15 is 0 Å². The summed E-state index contributed by atoms with van der Waals surface area (Å²) >= 11 is 0. The van der Waals surface area contributed by atoms with E-state index in [1.807, 2.05) is 0 Å². The Morgan fingerprint density at radius 2 is 2.22 bits per heavy atom. The summed E-state index contributed by atoms with van der Waals surface area (Å²) in [5.74, 6) is 0.768. The van der Waals surface area contributed by atoms with E-state index in [0.717, 1.165) is 5.75 Å². The van der Waals surface area contributed by atoms with Gasteiger partial charge in [0.2, 0.25) is 5.24 Å². The molecule has 0 radical (unpaired) electrons. The van der Waals surface area contributed by atoms with E-state index < -0.39 is 14.8 Å². The molecule has 0 spiro atoms. The van der Waals surface area contributed by atoms with Crippen LogP contribution in [0.5, 0.6) is 0 Å². The molecule has 0 aromatic rings. The van der Waals surface area contributed by atoms with Crippen molar-refractivity contribution in [3.63, 3.8) is 0 Å². The lowest BCUT2D eigenvalue weighted by Crippen LogP contribution is -2.01. The molecule has 0 aliphatic heterocycles. The topological polar surface area (TPSA) is 66.5 Å². The van der Waals surface area contributed by atoms with Crippen LogP contribution in [0.3, 0.4) is 0 Å². The zero-order valence-electron chi connectivity index (χ0n) is 5.20. The molecule has 0 aromatic heterocycles. The summed E-state index contributed by atoms with van der Waals surface area (Å²) in [7, 11) is 0.993. The minimum absolute atomic E-state index is 0.457. The van der Waals surface area contributed by atoms with Gasteiger partial charge in [0.1, 0.15) is 0 Å². The third-order valence-electron chi connectivity index (χ3n) is 0.635. The molecule has 0 aliphatic rings. The fourth-order valence-corrected chi connectivity index (χ4v) is 2.03. The number of aliphatic hydroxyl groups is 2. The maximum atomic E-state index is 8.47. The second-order valence-corrected chi connectivity index (χ2v) is 5.47. The van der Waals surface area contributed by atoms with Crippen LogP contribution in [0.25, 0.3) is 0 Å². The minimum atomic E-state index is -0.492. The van der Waals surface area contributed by atoms with E-state index in [1.54, 1.807) is 6.26 Å². The zero-order valence-corrected chi connectivity index (χ0v) is 6.84. The van der Waals surface area contributed by atoms with E-state index in [2.05, 4.69) is 0 Å². The van der Waals surface area contributed by atoms with Gasteiger partial charge in [-0.15, -0.1) is 0 Å². The van der Waals surface area contributed by atoms with Gasteiger partial charge >= 0.3 is 0 Å². The third-order valence-corrected chi connectivity index (χ3v) is 3.91. The van der Waals surface area contributed by atoms with E-state index in [9.17, 15) is 0 Å². The van der Waals surface area contributed by atoms with Crippen molar-refractivity contribution in [3.05, 3.63) is 0 Å². The van der Waals surface area contributed by atoms with Gasteiger partial charge in [0.05, 0.1) is 0 Å². The van der Waals surface area contributed by atoms with Crippen molar-refractivity contribution in [2.75, 3.05) is 18.6 Å². The van der Waals surface area contributed by atoms with Crippen LogP contribution in [0.15, 0.2) is 0 Å². The Kier molecular flexibility index (Phi) is 5.51. The molecule has 4 N–H and O–H groups in total. The minimum Gasteiger partial charge on any atom is -0.336 e. The van der Waals surface area contributed by atoms with Crippen LogP contribution in [0.1, 0.15) is 0 Å². The second-order valence-electron chi connectivity index (χ2n) is 1.35. The second kappa shape index (κ2) is 5.25. The average molecular weight is 169 g/mol. The number of rotatable bonds is 3. The molecule has 0 bridgehead atoms. The van der Waals surface area contributed by atoms with Crippen molar-refractivity contribution >= 4 is 25.5 Å². The first-order chi connectivity index (χ1) is 4.18. The van der Waals surface area contributed by atoms with Gasteiger partial charge in [-0.3, -0.25) is 0 Å². The van der Waals surface area contributed by atoms with Crippen molar-refractivity contribution in [2.45, 2.75) is 0 Å². The maximum absolute atomic E-state index is 8.47. The molecule has 9 heavy (non-hydrogen) atoms. The van der Waals surface area contributed by atoms with Crippen molar-refractivity contribution in [1.82, 2.24) is 0 Å². The Bertz CT molecular complexity index is 111. The smallest absolute Gasteiger partial charge is 0.214 e. The number of nitrogens with two attached hydrogens (primary N) is 1. The molecule has 0 rings (SSSR count). The highest BCUT2D eigenvalue weighted by molar-refractivity contribution is 8.83. The lowest BCUT2D eigenvalue weighted by atomic mass is 10.8. The van der Waals surface area contributed by atoms with Gasteiger partial charge in [-0.25, -0.2) is 0 Å². The van der Waals surface area contributed by atoms with Gasteiger partial charge in [0.15, 0.2) is 0 Å². The third kappa shape index (κ3) is 4.92. The first kappa shape index (κ1) is 9.45. The van der Waals surface area contributed by atoms with E-state index in [4.69, 9.17) is 15.9 Å². The van der Waals surface area contributed by atoms with Crippen LogP contribution in [0.4, 0.5) is 0 Å². The highest BCUT2D eigenvalue weighted by Crippen LogP contribution is 2.25. The molecule has 3 nitrogen and oxygen atoms in total.